The zero-order valence-corrected chi connectivity index (χ0v) is 17.6. The molecule has 6 nitrogen and oxygen atoms in total. The number of fused-ring (bicyclic) bond motifs is 1. The molecule has 0 spiro atoms. The molecule has 4 rings (SSSR count). The summed E-state index contributed by atoms with van der Waals surface area (Å²) < 4.78 is 5.33. The molecule has 2 heterocycles. The molecule has 158 valence electrons. The maximum Gasteiger partial charge on any atom is 0.156 e. The molecule has 0 saturated carbocycles. The van der Waals surface area contributed by atoms with Gasteiger partial charge in [0, 0.05) is 25.8 Å². The summed E-state index contributed by atoms with van der Waals surface area (Å²) in [6, 6.07) is 20.3. The largest absolute Gasteiger partial charge is 0.497 e. The molecule has 0 aliphatic carbocycles. The van der Waals surface area contributed by atoms with Crippen LogP contribution in [-0.4, -0.2) is 33.8 Å². The first kappa shape index (κ1) is 20.8. The van der Waals surface area contributed by atoms with Gasteiger partial charge in [-0.15, -0.1) is 0 Å². The lowest BCUT2D eigenvalue weighted by Crippen LogP contribution is -2.07. The average Bonchev–Trinajstić information content (AvgIpc) is 2.81. The maximum atomic E-state index is 9.22. The van der Waals surface area contributed by atoms with Crippen molar-refractivity contribution in [2.24, 2.45) is 0 Å². The Balaban J connectivity index is 1.64. The van der Waals surface area contributed by atoms with Gasteiger partial charge in [-0.05, 0) is 47.7 Å². The van der Waals surface area contributed by atoms with Crippen molar-refractivity contribution in [3.05, 3.63) is 89.4 Å². The van der Waals surface area contributed by atoms with Crippen molar-refractivity contribution in [3.63, 3.8) is 0 Å². The minimum atomic E-state index is 0.113. The van der Waals surface area contributed by atoms with Crippen LogP contribution >= 0.6 is 0 Å². The molecule has 0 amide bonds. The van der Waals surface area contributed by atoms with Crippen LogP contribution in [0.3, 0.4) is 0 Å². The van der Waals surface area contributed by atoms with Crippen molar-refractivity contribution in [2.75, 3.05) is 19.0 Å². The van der Waals surface area contributed by atoms with Gasteiger partial charge >= 0.3 is 0 Å². The summed E-state index contributed by atoms with van der Waals surface area (Å²) in [4.78, 5) is 14.1. The van der Waals surface area contributed by atoms with Crippen LogP contribution in [0.2, 0.25) is 0 Å². The number of aliphatic hydroxyl groups is 1. The van der Waals surface area contributed by atoms with Gasteiger partial charge in [0.1, 0.15) is 17.1 Å². The fourth-order valence-corrected chi connectivity index (χ4v) is 3.48. The molecule has 0 bridgehead atoms. The Morgan fingerprint density at radius 1 is 0.935 bits per heavy atom. The number of hydrogen-bond acceptors (Lipinski definition) is 6. The van der Waals surface area contributed by atoms with E-state index in [0.717, 1.165) is 40.1 Å². The van der Waals surface area contributed by atoms with Gasteiger partial charge in [0.15, 0.2) is 5.82 Å². The summed E-state index contributed by atoms with van der Waals surface area (Å²) in [5.41, 5.74) is 4.94. The van der Waals surface area contributed by atoms with E-state index in [4.69, 9.17) is 9.72 Å². The van der Waals surface area contributed by atoms with Crippen LogP contribution in [0.25, 0.3) is 11.0 Å². The minimum Gasteiger partial charge on any atom is -0.497 e. The molecular formula is C25H26N4O2. The van der Waals surface area contributed by atoms with Crippen LogP contribution in [0.4, 0.5) is 5.82 Å². The Kier molecular flexibility index (Phi) is 6.69. The standard InChI is InChI=1S/C25H26N4O2/c1-31-21-10-5-9-19(14-21)13-20-15-22-24(26-17-20)25(29-23(28-22)11-6-12-30)27-16-18-7-3-2-4-8-18/h2-5,7-10,14-15,17,30H,6,11-13,16H2,1H3,(H,27,28,29). The van der Waals surface area contributed by atoms with E-state index in [0.29, 0.717) is 25.2 Å². The van der Waals surface area contributed by atoms with Crippen molar-refractivity contribution in [2.45, 2.75) is 25.8 Å². The number of aromatic nitrogens is 3. The fourth-order valence-electron chi connectivity index (χ4n) is 3.48. The molecule has 6 heteroatoms. The minimum absolute atomic E-state index is 0.113. The Hall–Kier alpha value is -3.51. The fraction of sp³-hybridized carbons (Fsp3) is 0.240. The quantitative estimate of drug-likeness (QED) is 0.428. The number of methoxy groups -OCH3 is 1. The van der Waals surface area contributed by atoms with Gasteiger partial charge < -0.3 is 15.2 Å². The zero-order valence-electron chi connectivity index (χ0n) is 17.6. The monoisotopic (exact) mass is 414 g/mol. The third-order valence-electron chi connectivity index (χ3n) is 5.04. The van der Waals surface area contributed by atoms with Crippen LogP contribution in [0.5, 0.6) is 5.75 Å². The second-order valence-electron chi connectivity index (χ2n) is 7.39. The van der Waals surface area contributed by atoms with Gasteiger partial charge in [-0.3, -0.25) is 4.98 Å². The number of nitrogens with one attached hydrogen (secondary N) is 1. The SMILES string of the molecule is COc1cccc(Cc2cnc3c(NCc4ccccc4)nc(CCCO)nc3c2)c1. The van der Waals surface area contributed by atoms with E-state index in [9.17, 15) is 5.11 Å². The first-order valence-electron chi connectivity index (χ1n) is 10.4. The molecule has 0 saturated heterocycles. The third kappa shape index (κ3) is 5.35. The number of rotatable bonds is 9. The summed E-state index contributed by atoms with van der Waals surface area (Å²) in [6.45, 7) is 0.766. The molecule has 2 aromatic heterocycles. The highest BCUT2D eigenvalue weighted by atomic mass is 16.5. The van der Waals surface area contributed by atoms with E-state index in [-0.39, 0.29) is 6.61 Å². The molecule has 0 radical (unpaired) electrons. The highest BCUT2D eigenvalue weighted by molar-refractivity contribution is 5.85. The zero-order chi connectivity index (χ0) is 21.5. The van der Waals surface area contributed by atoms with Gasteiger partial charge in [-0.2, -0.15) is 0 Å². The second-order valence-corrected chi connectivity index (χ2v) is 7.39. The highest BCUT2D eigenvalue weighted by Crippen LogP contribution is 2.22. The Labute approximate surface area is 182 Å². The van der Waals surface area contributed by atoms with E-state index >= 15 is 0 Å². The summed E-state index contributed by atoms with van der Waals surface area (Å²) >= 11 is 0. The molecule has 0 unspecified atom stereocenters. The Morgan fingerprint density at radius 2 is 1.77 bits per heavy atom. The molecule has 0 aliphatic heterocycles. The van der Waals surface area contributed by atoms with Gasteiger partial charge in [-0.1, -0.05) is 42.5 Å². The summed E-state index contributed by atoms with van der Waals surface area (Å²) in [6.07, 6.45) is 3.86. The topological polar surface area (TPSA) is 80.2 Å². The van der Waals surface area contributed by atoms with E-state index in [2.05, 4.69) is 39.6 Å². The maximum absolute atomic E-state index is 9.22. The van der Waals surface area contributed by atoms with E-state index in [1.165, 1.54) is 5.56 Å². The van der Waals surface area contributed by atoms with Gasteiger partial charge in [-0.25, -0.2) is 9.97 Å². The van der Waals surface area contributed by atoms with Crippen LogP contribution in [0.1, 0.15) is 28.9 Å². The number of anilines is 1. The smallest absolute Gasteiger partial charge is 0.156 e. The van der Waals surface area contributed by atoms with Crippen molar-refractivity contribution < 1.29 is 9.84 Å². The van der Waals surface area contributed by atoms with Gasteiger partial charge in [0.05, 0.1) is 12.6 Å². The van der Waals surface area contributed by atoms with Gasteiger partial charge in [0.2, 0.25) is 0 Å². The van der Waals surface area contributed by atoms with Crippen molar-refractivity contribution in [3.8, 4) is 5.75 Å². The predicted octanol–water partition coefficient (Wildman–Crippen LogP) is 4.16. The molecule has 0 aliphatic rings. The Morgan fingerprint density at radius 3 is 2.58 bits per heavy atom. The molecule has 31 heavy (non-hydrogen) atoms. The van der Waals surface area contributed by atoms with Gasteiger partial charge in [0.25, 0.3) is 0 Å². The van der Waals surface area contributed by atoms with E-state index in [1.54, 1.807) is 7.11 Å². The summed E-state index contributed by atoms with van der Waals surface area (Å²) in [7, 11) is 1.67. The number of benzene rings is 2. The lowest BCUT2D eigenvalue weighted by Gasteiger charge is -2.12. The van der Waals surface area contributed by atoms with E-state index in [1.807, 2.05) is 42.6 Å². The number of aryl methyl sites for hydroxylation is 1. The number of aliphatic hydroxyl groups excluding tert-OH is 1. The first-order valence-corrected chi connectivity index (χ1v) is 10.4. The lowest BCUT2D eigenvalue weighted by molar-refractivity contribution is 0.287. The molecule has 2 aromatic carbocycles. The molecular weight excluding hydrogens is 388 g/mol. The number of ether oxygens (including phenoxy) is 1. The van der Waals surface area contributed by atoms with Crippen molar-refractivity contribution in [1.29, 1.82) is 0 Å². The summed E-state index contributed by atoms with van der Waals surface area (Å²) in [5, 5.41) is 12.6. The van der Waals surface area contributed by atoms with Crippen LogP contribution < -0.4 is 10.1 Å². The molecule has 2 N–H and O–H groups in total. The number of hydrogen-bond donors (Lipinski definition) is 2. The molecule has 0 fully saturated rings. The molecule has 4 aromatic rings. The van der Waals surface area contributed by atoms with Crippen LogP contribution in [0, 0.1) is 0 Å². The number of nitrogens with zero attached hydrogens (tertiary/aromatic N) is 3. The number of pyridine rings is 1. The highest BCUT2D eigenvalue weighted by Gasteiger charge is 2.11. The van der Waals surface area contributed by atoms with E-state index < -0.39 is 0 Å². The third-order valence-corrected chi connectivity index (χ3v) is 5.04. The summed E-state index contributed by atoms with van der Waals surface area (Å²) in [5.74, 6) is 2.26. The Bertz CT molecular complexity index is 1150. The van der Waals surface area contributed by atoms with Crippen molar-refractivity contribution in [1.82, 2.24) is 15.0 Å². The average molecular weight is 415 g/mol. The van der Waals surface area contributed by atoms with Crippen LogP contribution in [0.15, 0.2) is 66.9 Å². The normalized spacial score (nSPS) is 10.9. The van der Waals surface area contributed by atoms with Crippen molar-refractivity contribution >= 4 is 16.9 Å². The lowest BCUT2D eigenvalue weighted by atomic mass is 10.1. The first-order chi connectivity index (χ1) is 15.2. The predicted molar refractivity (Wildman–Crippen MR) is 122 cm³/mol. The molecule has 0 atom stereocenters. The van der Waals surface area contributed by atoms with Crippen LogP contribution in [-0.2, 0) is 19.4 Å². The second kappa shape index (κ2) is 10.00.